The summed E-state index contributed by atoms with van der Waals surface area (Å²) in [7, 11) is -2.47. The lowest BCUT2D eigenvalue weighted by molar-refractivity contribution is -0.140. The highest BCUT2D eigenvalue weighted by Crippen LogP contribution is 2.02. The fourth-order valence-corrected chi connectivity index (χ4v) is 2.05. The van der Waals surface area contributed by atoms with Crippen molar-refractivity contribution in [1.82, 2.24) is 9.44 Å². The van der Waals surface area contributed by atoms with Crippen LogP contribution < -0.4 is 9.44 Å². The summed E-state index contributed by atoms with van der Waals surface area (Å²) in [6, 6.07) is 5.45. The fraction of sp³-hybridized carbons (Fsp3) is 0.364. The summed E-state index contributed by atoms with van der Waals surface area (Å²) < 4.78 is 44.5. The van der Waals surface area contributed by atoms with Gasteiger partial charge in [-0.05, 0) is 17.7 Å². The van der Waals surface area contributed by atoms with Crippen LogP contribution >= 0.6 is 0 Å². The Kier molecular flexibility index (Phi) is 5.87. The van der Waals surface area contributed by atoms with E-state index in [1.165, 1.54) is 31.4 Å². The standard InChI is InChI=1S/C11H15FN2O4S/c1-18-11(15)6-7-13-19(16,17)14-8-9-2-4-10(12)5-3-9/h2-5,13-14H,6-8H2,1H3. The van der Waals surface area contributed by atoms with Crippen molar-refractivity contribution < 1.29 is 22.3 Å². The third-order valence-corrected chi connectivity index (χ3v) is 3.34. The summed E-state index contributed by atoms with van der Waals surface area (Å²) >= 11 is 0. The van der Waals surface area contributed by atoms with E-state index in [4.69, 9.17) is 0 Å². The molecule has 0 atom stereocenters. The molecule has 1 aromatic rings. The maximum Gasteiger partial charge on any atom is 0.306 e. The smallest absolute Gasteiger partial charge is 0.306 e. The molecule has 0 aliphatic carbocycles. The first kappa shape index (κ1) is 15.5. The fourth-order valence-electron chi connectivity index (χ4n) is 1.22. The summed E-state index contributed by atoms with van der Waals surface area (Å²) in [4.78, 5) is 10.8. The molecule has 1 aromatic carbocycles. The Bertz CT molecular complexity index is 516. The zero-order valence-corrected chi connectivity index (χ0v) is 11.2. The van der Waals surface area contributed by atoms with E-state index in [2.05, 4.69) is 14.2 Å². The number of ether oxygens (including phenoxy) is 1. The average molecular weight is 290 g/mol. The lowest BCUT2D eigenvalue weighted by atomic mass is 10.2. The zero-order chi connectivity index (χ0) is 14.3. The van der Waals surface area contributed by atoms with Crippen LogP contribution in [0.3, 0.4) is 0 Å². The number of carbonyl (C=O) groups excluding carboxylic acids is 1. The second-order valence-electron chi connectivity index (χ2n) is 3.67. The van der Waals surface area contributed by atoms with Crippen molar-refractivity contribution in [1.29, 1.82) is 0 Å². The first-order chi connectivity index (χ1) is 8.93. The van der Waals surface area contributed by atoms with E-state index in [1.54, 1.807) is 0 Å². The van der Waals surface area contributed by atoms with Gasteiger partial charge >= 0.3 is 5.97 Å². The van der Waals surface area contributed by atoms with Gasteiger partial charge in [-0.15, -0.1) is 0 Å². The van der Waals surface area contributed by atoms with Gasteiger partial charge in [-0.1, -0.05) is 12.1 Å². The normalized spacial score (nSPS) is 11.3. The predicted molar refractivity (Wildman–Crippen MR) is 66.8 cm³/mol. The molecule has 0 aromatic heterocycles. The number of hydrogen-bond donors (Lipinski definition) is 2. The molecule has 0 bridgehead atoms. The molecule has 0 fully saturated rings. The Balaban J connectivity index is 2.38. The molecule has 6 nitrogen and oxygen atoms in total. The van der Waals surface area contributed by atoms with Gasteiger partial charge in [-0.3, -0.25) is 4.79 Å². The molecule has 0 radical (unpaired) electrons. The molecule has 0 unspecified atom stereocenters. The number of halogens is 1. The van der Waals surface area contributed by atoms with Crippen LogP contribution in [0.15, 0.2) is 24.3 Å². The Morgan fingerprint density at radius 2 is 1.89 bits per heavy atom. The van der Waals surface area contributed by atoms with Crippen LogP contribution in [0, 0.1) is 5.82 Å². The highest BCUT2D eigenvalue weighted by atomic mass is 32.2. The number of hydrogen-bond acceptors (Lipinski definition) is 4. The lowest BCUT2D eigenvalue weighted by Gasteiger charge is -2.07. The number of methoxy groups -OCH3 is 1. The maximum atomic E-state index is 12.6. The highest BCUT2D eigenvalue weighted by molar-refractivity contribution is 7.87. The minimum atomic E-state index is -3.70. The minimum absolute atomic E-state index is 0.0356. The Morgan fingerprint density at radius 3 is 2.47 bits per heavy atom. The van der Waals surface area contributed by atoms with Crippen molar-refractivity contribution in [3.8, 4) is 0 Å². The van der Waals surface area contributed by atoms with Gasteiger partial charge in [0.05, 0.1) is 13.5 Å². The van der Waals surface area contributed by atoms with Crippen molar-refractivity contribution in [2.75, 3.05) is 13.7 Å². The van der Waals surface area contributed by atoms with Gasteiger partial charge in [0, 0.05) is 13.1 Å². The second-order valence-corrected chi connectivity index (χ2v) is 5.26. The quantitative estimate of drug-likeness (QED) is 0.708. The molecule has 0 aliphatic rings. The van der Waals surface area contributed by atoms with Crippen LogP contribution in [0.4, 0.5) is 4.39 Å². The topological polar surface area (TPSA) is 84.5 Å². The molecular weight excluding hydrogens is 275 g/mol. The third kappa shape index (κ3) is 6.27. The molecule has 2 N–H and O–H groups in total. The first-order valence-corrected chi connectivity index (χ1v) is 6.97. The van der Waals surface area contributed by atoms with Crippen LogP contribution in [-0.2, 0) is 26.3 Å². The molecule has 106 valence electrons. The molecule has 0 amide bonds. The van der Waals surface area contributed by atoms with Crippen LogP contribution in [-0.4, -0.2) is 28.0 Å². The van der Waals surface area contributed by atoms with Crippen molar-refractivity contribution in [2.24, 2.45) is 0 Å². The maximum absolute atomic E-state index is 12.6. The van der Waals surface area contributed by atoms with Gasteiger partial charge < -0.3 is 4.74 Å². The number of benzene rings is 1. The van der Waals surface area contributed by atoms with E-state index in [0.717, 1.165) is 0 Å². The van der Waals surface area contributed by atoms with Crippen LogP contribution in [0.1, 0.15) is 12.0 Å². The lowest BCUT2D eigenvalue weighted by Crippen LogP contribution is -2.37. The van der Waals surface area contributed by atoms with Gasteiger partial charge in [0.25, 0.3) is 10.2 Å². The average Bonchev–Trinajstić information content (AvgIpc) is 2.38. The monoisotopic (exact) mass is 290 g/mol. The second kappa shape index (κ2) is 7.17. The van der Waals surface area contributed by atoms with E-state index in [-0.39, 0.29) is 25.3 Å². The van der Waals surface area contributed by atoms with Gasteiger partial charge in [0.1, 0.15) is 5.82 Å². The van der Waals surface area contributed by atoms with Crippen molar-refractivity contribution in [3.63, 3.8) is 0 Å². The van der Waals surface area contributed by atoms with Gasteiger partial charge in [-0.25, -0.2) is 9.11 Å². The third-order valence-electron chi connectivity index (χ3n) is 2.23. The summed E-state index contributed by atoms with van der Waals surface area (Å²) in [5, 5.41) is 0. The van der Waals surface area contributed by atoms with E-state index in [0.29, 0.717) is 5.56 Å². The Hall–Kier alpha value is -1.51. The molecule has 19 heavy (non-hydrogen) atoms. The SMILES string of the molecule is COC(=O)CCNS(=O)(=O)NCc1ccc(F)cc1. The molecule has 0 saturated carbocycles. The molecule has 0 heterocycles. The van der Waals surface area contributed by atoms with E-state index >= 15 is 0 Å². The van der Waals surface area contributed by atoms with Crippen LogP contribution in [0.25, 0.3) is 0 Å². The van der Waals surface area contributed by atoms with E-state index in [9.17, 15) is 17.6 Å². The number of carbonyl (C=O) groups is 1. The number of esters is 1. The number of rotatable bonds is 7. The highest BCUT2D eigenvalue weighted by Gasteiger charge is 2.10. The summed E-state index contributed by atoms with van der Waals surface area (Å²) in [6.07, 6.45) is -0.0477. The summed E-state index contributed by atoms with van der Waals surface area (Å²) in [6.45, 7) is -0.0146. The predicted octanol–water partition coefficient (Wildman–Crippen LogP) is 0.313. The van der Waals surface area contributed by atoms with Crippen LogP contribution in [0.5, 0.6) is 0 Å². The van der Waals surface area contributed by atoms with Crippen molar-refractivity contribution in [2.45, 2.75) is 13.0 Å². The van der Waals surface area contributed by atoms with Crippen molar-refractivity contribution >= 4 is 16.2 Å². The Labute approximate surface area is 111 Å². The molecule has 0 saturated heterocycles. The molecule has 1 rings (SSSR count). The van der Waals surface area contributed by atoms with Gasteiger partial charge in [0.2, 0.25) is 0 Å². The van der Waals surface area contributed by atoms with Crippen molar-refractivity contribution in [3.05, 3.63) is 35.6 Å². The molecule has 8 heteroatoms. The minimum Gasteiger partial charge on any atom is -0.469 e. The molecule has 0 aliphatic heterocycles. The largest absolute Gasteiger partial charge is 0.469 e. The number of nitrogens with one attached hydrogen (secondary N) is 2. The van der Waals surface area contributed by atoms with Gasteiger partial charge in [0.15, 0.2) is 0 Å². The zero-order valence-electron chi connectivity index (χ0n) is 10.3. The van der Waals surface area contributed by atoms with Crippen LogP contribution in [0.2, 0.25) is 0 Å². The first-order valence-electron chi connectivity index (χ1n) is 5.48. The summed E-state index contributed by atoms with van der Waals surface area (Å²) in [5.41, 5.74) is 0.625. The summed E-state index contributed by atoms with van der Waals surface area (Å²) in [5.74, 6) is -0.885. The van der Waals surface area contributed by atoms with E-state index in [1.807, 2.05) is 0 Å². The van der Waals surface area contributed by atoms with Gasteiger partial charge in [-0.2, -0.15) is 13.1 Å². The molecule has 0 spiro atoms. The van der Waals surface area contributed by atoms with E-state index < -0.39 is 16.2 Å². The Morgan fingerprint density at radius 1 is 1.26 bits per heavy atom. The molecular formula is C11H15FN2O4S.